The van der Waals surface area contributed by atoms with E-state index >= 15 is 0 Å². The molecule has 9 aromatic rings. The maximum Gasteiger partial charge on any atom is 0.237 e. The van der Waals surface area contributed by atoms with Crippen LogP contribution in [-0.2, 0) is 21.7 Å². The summed E-state index contributed by atoms with van der Waals surface area (Å²) in [6.07, 6.45) is 0. The third kappa shape index (κ3) is 7.42. The summed E-state index contributed by atoms with van der Waals surface area (Å²) in [7, 11) is 0. The minimum atomic E-state index is -0.282. The summed E-state index contributed by atoms with van der Waals surface area (Å²) >= 11 is 0. The molecule has 0 aliphatic carbocycles. The number of hydrogen-bond donors (Lipinski definition) is 0. The van der Waals surface area contributed by atoms with Gasteiger partial charge in [-0.1, -0.05) is 143 Å². The van der Waals surface area contributed by atoms with Gasteiger partial charge in [0, 0.05) is 27.3 Å². The van der Waals surface area contributed by atoms with Crippen molar-refractivity contribution in [2.45, 2.75) is 105 Å². The predicted octanol–water partition coefficient (Wildman–Crippen LogP) is 14.8. The fourth-order valence-corrected chi connectivity index (χ4v) is 9.20. The second-order valence-corrected chi connectivity index (χ2v) is 21.9. The van der Waals surface area contributed by atoms with Gasteiger partial charge in [0.05, 0.1) is 51.0 Å². The summed E-state index contributed by atoms with van der Waals surface area (Å²) in [4.78, 5) is 19.9. The van der Waals surface area contributed by atoms with E-state index in [0.29, 0.717) is 67.3 Å². The van der Waals surface area contributed by atoms with Crippen molar-refractivity contribution in [3.8, 4) is 52.6 Å². The van der Waals surface area contributed by atoms with Crippen molar-refractivity contribution in [3.63, 3.8) is 0 Å². The van der Waals surface area contributed by atoms with Crippen molar-refractivity contribution in [2.75, 3.05) is 0 Å². The zero-order valence-electron chi connectivity index (χ0n) is 40.8. The van der Waals surface area contributed by atoms with Crippen LogP contribution < -0.4 is 0 Å². The summed E-state index contributed by atoms with van der Waals surface area (Å²) in [6, 6.07) is 41.5. The van der Waals surface area contributed by atoms with E-state index < -0.39 is 0 Å². The summed E-state index contributed by atoms with van der Waals surface area (Å²) < 4.78 is 3.91. The SMILES string of the molecule is [C-]#[N+]c1cc(C(C)(C)C)cc2c3cc(C(C)(C)C)cc(C#N)c3n(-c3nc(-c4ccccc4)nc(-c4ccccc4-n4c5c(C#N)cc(C(C)(C)C)cc5c5cc(C(C)(C)C)cc(C#N)c54)n3)c12. The molecule has 0 atom stereocenters. The van der Waals surface area contributed by atoms with Crippen molar-refractivity contribution >= 4 is 49.3 Å². The van der Waals surface area contributed by atoms with Gasteiger partial charge in [-0.3, -0.25) is 4.57 Å². The third-order valence-corrected chi connectivity index (χ3v) is 13.1. The fraction of sp³-hybridized carbons (Fsp3) is 0.271. The van der Waals surface area contributed by atoms with E-state index in [2.05, 4.69) is 130 Å². The van der Waals surface area contributed by atoms with Crippen LogP contribution in [0.15, 0.2) is 103 Å². The number of nitriles is 3. The molecule has 0 saturated heterocycles. The minimum Gasteiger partial charge on any atom is -0.306 e. The van der Waals surface area contributed by atoms with Crippen molar-refractivity contribution in [3.05, 3.63) is 153 Å². The molecule has 9 heteroatoms. The smallest absolute Gasteiger partial charge is 0.237 e. The number of hydrogen-bond acceptors (Lipinski definition) is 6. The van der Waals surface area contributed by atoms with Crippen LogP contribution in [0.5, 0.6) is 0 Å². The minimum absolute atomic E-state index is 0.236. The van der Waals surface area contributed by atoms with Crippen molar-refractivity contribution in [1.82, 2.24) is 24.1 Å². The summed E-state index contributed by atoms with van der Waals surface area (Å²) in [5.41, 5.74) is 9.28. The highest BCUT2D eigenvalue weighted by Crippen LogP contribution is 2.45. The Hall–Kier alpha value is -8.11. The zero-order chi connectivity index (χ0) is 48.8. The van der Waals surface area contributed by atoms with Crippen LogP contribution in [0, 0.1) is 40.6 Å². The van der Waals surface area contributed by atoms with Gasteiger partial charge >= 0.3 is 0 Å². The quantitative estimate of drug-likeness (QED) is 0.162. The molecule has 0 aliphatic heterocycles. The predicted molar refractivity (Wildman–Crippen MR) is 275 cm³/mol. The standard InChI is InChI=1S/C59H53N9/c1-56(2,3)38-23-35(31-60)49-43(26-38)44-27-39(57(4,5)6)24-36(32-61)50(44)67(49)48-22-18-17-21-42(48)54-64-53(34-19-15-14-16-20-34)65-55(66-54)68-51-37(33-62)25-40(58(7,8)9)28-45(51)46-29-41(59(10,11)12)30-47(63-13)52(46)68/h14-30H,1-12H3. The van der Waals surface area contributed by atoms with Gasteiger partial charge in [-0.25, -0.2) is 9.83 Å². The topological polar surface area (TPSA) is 124 Å². The summed E-state index contributed by atoms with van der Waals surface area (Å²) in [5, 5.41) is 36.4. The van der Waals surface area contributed by atoms with Gasteiger partial charge in [-0.15, -0.1) is 0 Å². The highest BCUT2D eigenvalue weighted by Gasteiger charge is 2.30. The molecular formula is C59H53N9. The van der Waals surface area contributed by atoms with Gasteiger partial charge in [0.2, 0.25) is 11.6 Å². The largest absolute Gasteiger partial charge is 0.306 e. The molecule has 0 N–H and O–H groups in total. The van der Waals surface area contributed by atoms with Gasteiger partial charge in [0.25, 0.3) is 0 Å². The van der Waals surface area contributed by atoms with Crippen LogP contribution in [0.2, 0.25) is 0 Å². The van der Waals surface area contributed by atoms with Crippen LogP contribution in [0.3, 0.4) is 0 Å². The first-order valence-electron chi connectivity index (χ1n) is 22.9. The highest BCUT2D eigenvalue weighted by atomic mass is 15.2. The first-order chi connectivity index (χ1) is 32.1. The summed E-state index contributed by atoms with van der Waals surface area (Å²) in [6.45, 7) is 34.2. The van der Waals surface area contributed by atoms with Crippen LogP contribution in [0.1, 0.15) is 122 Å². The molecule has 68 heavy (non-hydrogen) atoms. The van der Waals surface area contributed by atoms with Crippen LogP contribution >= 0.6 is 0 Å². The molecule has 6 aromatic carbocycles. The molecule has 0 unspecified atom stereocenters. The van der Waals surface area contributed by atoms with Crippen molar-refractivity contribution in [2.24, 2.45) is 0 Å². The molecule has 0 spiro atoms. The maximum atomic E-state index is 11.0. The van der Waals surface area contributed by atoms with Gasteiger partial charge in [0.15, 0.2) is 11.6 Å². The Balaban J connectivity index is 1.45. The van der Waals surface area contributed by atoms with Crippen molar-refractivity contribution < 1.29 is 0 Å². The van der Waals surface area contributed by atoms with E-state index in [0.717, 1.165) is 49.4 Å². The third-order valence-electron chi connectivity index (χ3n) is 13.1. The molecule has 9 nitrogen and oxygen atoms in total. The molecular weight excluding hydrogens is 835 g/mol. The second kappa shape index (κ2) is 15.8. The Morgan fingerprint density at radius 1 is 0.456 bits per heavy atom. The molecule has 0 amide bonds. The molecule has 0 saturated carbocycles. The Bertz CT molecular complexity index is 3570. The van der Waals surface area contributed by atoms with E-state index in [1.807, 2.05) is 88.0 Å². The van der Waals surface area contributed by atoms with E-state index in [4.69, 9.17) is 21.5 Å². The van der Waals surface area contributed by atoms with Crippen LogP contribution in [-0.4, -0.2) is 24.1 Å². The Labute approximate surface area is 398 Å². The van der Waals surface area contributed by atoms with E-state index in [1.54, 1.807) is 0 Å². The van der Waals surface area contributed by atoms with E-state index in [1.165, 1.54) is 0 Å². The molecule has 3 heterocycles. The number of aromatic nitrogens is 5. The lowest BCUT2D eigenvalue weighted by atomic mass is 9.83. The molecule has 0 fully saturated rings. The molecule has 9 rings (SSSR count). The first kappa shape index (κ1) is 45.1. The Kier molecular flexibility index (Phi) is 10.4. The van der Waals surface area contributed by atoms with E-state index in [9.17, 15) is 15.8 Å². The lowest BCUT2D eigenvalue weighted by molar-refractivity contribution is 0.590. The van der Waals surface area contributed by atoms with Gasteiger partial charge in [-0.2, -0.15) is 25.8 Å². The molecule has 0 bridgehead atoms. The monoisotopic (exact) mass is 887 g/mol. The Morgan fingerprint density at radius 2 is 0.853 bits per heavy atom. The average Bonchev–Trinajstić information content (AvgIpc) is 3.82. The fourth-order valence-electron chi connectivity index (χ4n) is 9.20. The highest BCUT2D eigenvalue weighted by molar-refractivity contribution is 6.16. The molecule has 3 aromatic heterocycles. The summed E-state index contributed by atoms with van der Waals surface area (Å²) in [5.74, 6) is 0.946. The normalized spacial score (nSPS) is 12.4. The lowest BCUT2D eigenvalue weighted by Crippen LogP contribution is -2.12. The molecule has 0 aliphatic rings. The van der Waals surface area contributed by atoms with Gasteiger partial charge in [0.1, 0.15) is 18.2 Å². The zero-order valence-corrected chi connectivity index (χ0v) is 40.8. The molecule has 0 radical (unpaired) electrons. The van der Waals surface area contributed by atoms with Crippen LogP contribution in [0.4, 0.5) is 5.69 Å². The van der Waals surface area contributed by atoms with Crippen LogP contribution in [0.25, 0.3) is 82.9 Å². The second-order valence-electron chi connectivity index (χ2n) is 21.9. The maximum absolute atomic E-state index is 11.0. The number of fused-ring (bicyclic) bond motifs is 6. The van der Waals surface area contributed by atoms with Gasteiger partial charge in [-0.05, 0) is 92.3 Å². The number of para-hydroxylation sites is 1. The van der Waals surface area contributed by atoms with Crippen molar-refractivity contribution in [1.29, 1.82) is 15.8 Å². The Morgan fingerprint density at radius 3 is 1.29 bits per heavy atom. The average molecular weight is 888 g/mol. The van der Waals surface area contributed by atoms with E-state index in [-0.39, 0.29) is 27.6 Å². The molecule has 334 valence electrons. The number of nitrogens with zero attached hydrogens (tertiary/aromatic N) is 9. The first-order valence-corrected chi connectivity index (χ1v) is 22.9. The lowest BCUT2D eigenvalue weighted by Gasteiger charge is -2.20. The number of benzene rings is 6. The van der Waals surface area contributed by atoms with Gasteiger partial charge < -0.3 is 4.57 Å². The number of rotatable bonds is 4.